The summed E-state index contributed by atoms with van der Waals surface area (Å²) in [5, 5.41) is 11.8. The zero-order valence-electron chi connectivity index (χ0n) is 20.5. The van der Waals surface area contributed by atoms with Crippen LogP contribution < -0.4 is 39.6 Å². The van der Waals surface area contributed by atoms with Gasteiger partial charge in [-0.15, -0.1) is 0 Å². The van der Waals surface area contributed by atoms with Crippen LogP contribution in [-0.2, 0) is 17.8 Å². The summed E-state index contributed by atoms with van der Waals surface area (Å²) in [6.07, 6.45) is 2.45. The number of fused-ring (bicyclic) bond motifs is 2. The molecule has 2 heterocycles. The smallest absolute Gasteiger partial charge is 0.545 e. The number of rotatable bonds is 6. The standard InChI is InChI=1S/C28H21ClF2N2O3S.Na/c29-19-11-10-18-26(24(19)31)33(14-22(34)32-13-12-15-4-1-2-6-20(15)32)25(16-8-9-16)27(18)37-21-7-3-5-17(23(21)30)28(35)36;/h1-7,10-11,16H,8-9,12-14H2,(H,35,36);/q;+1/p-1. The first-order chi connectivity index (χ1) is 17.8. The second-order valence-corrected chi connectivity index (χ2v) is 10.7. The Kier molecular flexibility index (Phi) is 7.64. The molecule has 0 N–H and O–H groups in total. The SMILES string of the molecule is O=C([O-])c1cccc(Sc2c(C3CC3)n(CC(=O)N3CCc4ccccc43)c3c(F)c(Cl)ccc23)c1F.[Na+]. The fourth-order valence-electron chi connectivity index (χ4n) is 5.08. The minimum Gasteiger partial charge on any atom is -0.545 e. The third-order valence-electron chi connectivity index (χ3n) is 6.95. The van der Waals surface area contributed by atoms with Crippen LogP contribution in [-0.4, -0.2) is 23.0 Å². The zero-order valence-corrected chi connectivity index (χ0v) is 24.0. The molecule has 1 aliphatic heterocycles. The van der Waals surface area contributed by atoms with Gasteiger partial charge in [0.2, 0.25) is 5.91 Å². The van der Waals surface area contributed by atoms with Crippen LogP contribution in [0.2, 0.25) is 5.02 Å². The van der Waals surface area contributed by atoms with Gasteiger partial charge in [-0.2, -0.15) is 0 Å². The van der Waals surface area contributed by atoms with Crippen molar-refractivity contribution in [2.24, 2.45) is 0 Å². The molecule has 0 spiro atoms. The molecule has 188 valence electrons. The van der Waals surface area contributed by atoms with E-state index in [1.165, 1.54) is 18.2 Å². The molecule has 0 bridgehead atoms. The van der Waals surface area contributed by atoms with Gasteiger partial charge in [0.05, 0.1) is 16.5 Å². The monoisotopic (exact) mass is 560 g/mol. The topological polar surface area (TPSA) is 65.4 Å². The summed E-state index contributed by atoms with van der Waals surface area (Å²) in [4.78, 5) is 27.3. The number of carbonyl (C=O) groups is 2. The zero-order chi connectivity index (χ0) is 25.8. The van der Waals surface area contributed by atoms with Gasteiger partial charge < -0.3 is 19.4 Å². The van der Waals surface area contributed by atoms with Crippen LogP contribution in [0.3, 0.4) is 0 Å². The number of aromatic nitrogens is 1. The van der Waals surface area contributed by atoms with E-state index in [0.29, 0.717) is 16.8 Å². The van der Waals surface area contributed by atoms with Gasteiger partial charge in [0.1, 0.15) is 12.4 Å². The average Bonchev–Trinajstić information content (AvgIpc) is 3.54. The van der Waals surface area contributed by atoms with Crippen molar-refractivity contribution in [2.45, 2.75) is 41.5 Å². The van der Waals surface area contributed by atoms with Crippen molar-refractivity contribution in [1.82, 2.24) is 4.57 Å². The van der Waals surface area contributed by atoms with E-state index in [9.17, 15) is 14.7 Å². The third kappa shape index (κ3) is 4.67. The first-order valence-corrected chi connectivity index (χ1v) is 13.1. The van der Waals surface area contributed by atoms with Crippen LogP contribution in [0.5, 0.6) is 0 Å². The van der Waals surface area contributed by atoms with Crippen LogP contribution in [0.4, 0.5) is 14.5 Å². The number of nitrogens with zero attached hydrogens (tertiary/aromatic N) is 2. The first kappa shape index (κ1) is 27.2. The quantitative estimate of drug-likeness (QED) is 0.340. The van der Waals surface area contributed by atoms with E-state index in [1.54, 1.807) is 15.5 Å². The predicted molar refractivity (Wildman–Crippen MR) is 136 cm³/mol. The van der Waals surface area contributed by atoms with Crippen LogP contribution >= 0.6 is 23.4 Å². The number of carbonyl (C=O) groups excluding carboxylic acids is 2. The molecule has 1 saturated carbocycles. The molecule has 0 unspecified atom stereocenters. The maximum Gasteiger partial charge on any atom is 1.00 e. The fraction of sp³-hybridized carbons (Fsp3) is 0.214. The van der Waals surface area contributed by atoms with E-state index >= 15 is 8.78 Å². The Morgan fingerprint density at radius 2 is 1.79 bits per heavy atom. The Balaban J connectivity index is 0.00000294. The summed E-state index contributed by atoms with van der Waals surface area (Å²) in [6, 6.07) is 14.9. The van der Waals surface area contributed by atoms with E-state index < -0.39 is 23.2 Å². The minimum absolute atomic E-state index is 0. The van der Waals surface area contributed by atoms with E-state index in [2.05, 4.69) is 0 Å². The Hall–Kier alpha value is -2.36. The Morgan fingerprint density at radius 3 is 2.53 bits per heavy atom. The number of hydrogen-bond acceptors (Lipinski definition) is 4. The number of anilines is 1. The van der Waals surface area contributed by atoms with Gasteiger partial charge in [-0.3, -0.25) is 4.79 Å². The van der Waals surface area contributed by atoms with Gasteiger partial charge >= 0.3 is 29.6 Å². The van der Waals surface area contributed by atoms with Crippen molar-refractivity contribution in [3.05, 3.63) is 88.1 Å². The number of para-hydroxylation sites is 1. The summed E-state index contributed by atoms with van der Waals surface area (Å²) in [6.45, 7) is 0.443. The Bertz CT molecular complexity index is 1610. The van der Waals surface area contributed by atoms with Crippen molar-refractivity contribution < 1.29 is 53.0 Å². The summed E-state index contributed by atoms with van der Waals surface area (Å²) >= 11 is 7.20. The molecule has 0 radical (unpaired) electrons. The molecule has 1 aliphatic carbocycles. The van der Waals surface area contributed by atoms with Crippen LogP contribution in [0.1, 0.15) is 40.4 Å². The number of carboxylic acid groups (broad SMARTS) is 1. The van der Waals surface area contributed by atoms with Gasteiger partial charge in [-0.05, 0) is 49.1 Å². The van der Waals surface area contributed by atoms with E-state index in [-0.39, 0.29) is 63.4 Å². The number of benzene rings is 3. The fourth-order valence-corrected chi connectivity index (χ4v) is 6.45. The number of aromatic carboxylic acids is 1. The van der Waals surface area contributed by atoms with Crippen molar-refractivity contribution >= 4 is 51.8 Å². The summed E-state index contributed by atoms with van der Waals surface area (Å²) in [5.74, 6) is -3.27. The normalized spacial score (nSPS) is 14.4. The van der Waals surface area contributed by atoms with Gasteiger partial charge in [0.25, 0.3) is 0 Å². The van der Waals surface area contributed by atoms with E-state index in [4.69, 9.17) is 11.6 Å². The predicted octanol–water partition coefficient (Wildman–Crippen LogP) is 2.56. The molecule has 10 heteroatoms. The molecule has 3 aromatic carbocycles. The van der Waals surface area contributed by atoms with Crippen molar-refractivity contribution in [2.75, 3.05) is 11.4 Å². The maximum absolute atomic E-state index is 15.5. The van der Waals surface area contributed by atoms with E-state index in [0.717, 1.165) is 54.0 Å². The minimum atomic E-state index is -1.61. The molecular weight excluding hydrogens is 541 g/mol. The molecule has 4 aromatic rings. The first-order valence-electron chi connectivity index (χ1n) is 11.9. The second kappa shape index (κ2) is 10.7. The number of halogens is 3. The number of hydrogen-bond donors (Lipinski definition) is 0. The molecular formula is C28H20ClF2N2NaO3S. The van der Waals surface area contributed by atoms with Gasteiger partial charge in [0.15, 0.2) is 5.82 Å². The van der Waals surface area contributed by atoms with Gasteiger partial charge in [-0.1, -0.05) is 53.7 Å². The molecule has 0 saturated heterocycles. The van der Waals surface area contributed by atoms with Gasteiger partial charge in [-0.25, -0.2) is 8.78 Å². The summed E-state index contributed by atoms with van der Waals surface area (Å²) in [7, 11) is 0. The number of carboxylic acids is 1. The van der Waals surface area contributed by atoms with Crippen molar-refractivity contribution in [3.8, 4) is 0 Å². The molecule has 5 nitrogen and oxygen atoms in total. The van der Waals surface area contributed by atoms with Crippen LogP contribution in [0, 0.1) is 11.6 Å². The summed E-state index contributed by atoms with van der Waals surface area (Å²) < 4.78 is 32.3. The molecule has 1 fully saturated rings. The molecule has 6 rings (SSSR count). The average molecular weight is 561 g/mol. The van der Waals surface area contributed by atoms with Crippen LogP contribution in [0.25, 0.3) is 10.9 Å². The maximum atomic E-state index is 15.5. The molecule has 2 aliphatic rings. The van der Waals surface area contributed by atoms with E-state index in [1.807, 2.05) is 24.3 Å². The van der Waals surface area contributed by atoms with Gasteiger partial charge in [0, 0.05) is 44.6 Å². The Morgan fingerprint density at radius 1 is 1.03 bits per heavy atom. The van der Waals surface area contributed by atoms with Crippen molar-refractivity contribution in [1.29, 1.82) is 0 Å². The molecule has 1 aromatic heterocycles. The number of amides is 1. The molecule has 0 atom stereocenters. The van der Waals surface area contributed by atoms with Crippen molar-refractivity contribution in [3.63, 3.8) is 0 Å². The molecule has 38 heavy (non-hydrogen) atoms. The largest absolute Gasteiger partial charge is 1.00 e. The van der Waals surface area contributed by atoms with Crippen LogP contribution in [0.15, 0.2) is 64.4 Å². The Labute approximate surface area is 249 Å². The second-order valence-electron chi connectivity index (χ2n) is 9.26. The molecule has 1 amide bonds. The summed E-state index contributed by atoms with van der Waals surface area (Å²) in [5.41, 5.74) is 2.32. The third-order valence-corrected chi connectivity index (χ3v) is 8.41.